The van der Waals surface area contributed by atoms with Crippen LogP contribution in [0.3, 0.4) is 0 Å². The van der Waals surface area contributed by atoms with Gasteiger partial charge in [0.15, 0.2) is 5.82 Å². The van der Waals surface area contributed by atoms with E-state index in [-0.39, 0.29) is 11.9 Å². The van der Waals surface area contributed by atoms with Gasteiger partial charge in [-0.05, 0) is 25.7 Å². The number of carbonyl (C=O) groups is 1. The lowest BCUT2D eigenvalue weighted by molar-refractivity contribution is -0.129. The molecule has 0 radical (unpaired) electrons. The molecule has 2 aliphatic heterocycles. The molecular weight excluding hydrogens is 320 g/mol. The number of aromatic nitrogens is 2. The Morgan fingerprint density at radius 1 is 1.16 bits per heavy atom. The maximum Gasteiger partial charge on any atom is 0.245 e. The van der Waals surface area contributed by atoms with Crippen LogP contribution in [0.15, 0.2) is 6.07 Å². The number of aromatic amines is 1. The summed E-state index contributed by atoms with van der Waals surface area (Å²) in [5, 5.41) is 10.3. The van der Waals surface area contributed by atoms with Crippen LogP contribution in [0.25, 0.3) is 0 Å². The van der Waals surface area contributed by atoms with Gasteiger partial charge in [0.25, 0.3) is 0 Å². The molecule has 1 aromatic rings. The zero-order chi connectivity index (χ0) is 17.1. The number of morpholine rings is 1. The summed E-state index contributed by atoms with van der Waals surface area (Å²) in [6, 6.07) is 2.25. The van der Waals surface area contributed by atoms with Crippen molar-refractivity contribution < 1.29 is 14.3 Å². The maximum absolute atomic E-state index is 12.8. The summed E-state index contributed by atoms with van der Waals surface area (Å²) in [7, 11) is 0. The molecule has 7 heteroatoms. The normalized spacial score (nSPS) is 29.0. The van der Waals surface area contributed by atoms with Crippen LogP contribution in [0.4, 0.5) is 5.82 Å². The number of hydrogen-bond donors (Lipinski definition) is 2. The summed E-state index contributed by atoms with van der Waals surface area (Å²) < 4.78 is 11.1. The van der Waals surface area contributed by atoms with E-state index in [0.29, 0.717) is 31.0 Å². The second kappa shape index (κ2) is 7.85. The number of nitrogens with one attached hydrogen (secondary N) is 2. The van der Waals surface area contributed by atoms with Crippen molar-refractivity contribution >= 4 is 11.7 Å². The molecule has 1 aliphatic carbocycles. The van der Waals surface area contributed by atoms with Crippen LogP contribution in [0, 0.1) is 0 Å². The Hall–Kier alpha value is -1.44. The van der Waals surface area contributed by atoms with Gasteiger partial charge in [0.1, 0.15) is 6.04 Å². The number of rotatable bonds is 4. The van der Waals surface area contributed by atoms with E-state index in [9.17, 15) is 4.79 Å². The van der Waals surface area contributed by atoms with Gasteiger partial charge in [0.2, 0.25) is 5.91 Å². The van der Waals surface area contributed by atoms with Crippen molar-refractivity contribution in [1.29, 1.82) is 0 Å². The highest BCUT2D eigenvalue weighted by Gasteiger charge is 2.35. The first-order valence-electron chi connectivity index (χ1n) is 9.58. The number of ether oxygens (including phenoxy) is 2. The standard InChI is InChI=1S/C18H28N4O3/c23-18(16-12-25-9-7-22(16)14-5-1-2-6-14)19-17-10-15(20-21-17)13-4-3-8-24-11-13/h10,13-14,16H,1-9,11-12H2,(H2,19,20,21,23)/t13-,16-/m1/s1. The number of hydrogen-bond acceptors (Lipinski definition) is 5. The molecule has 4 rings (SSSR count). The Labute approximate surface area is 148 Å². The topological polar surface area (TPSA) is 79.5 Å². The van der Waals surface area contributed by atoms with E-state index in [1.807, 2.05) is 6.07 Å². The highest BCUT2D eigenvalue weighted by atomic mass is 16.5. The Morgan fingerprint density at radius 3 is 2.80 bits per heavy atom. The van der Waals surface area contributed by atoms with Gasteiger partial charge in [-0.15, -0.1) is 0 Å². The third kappa shape index (κ3) is 3.88. The molecule has 1 aromatic heterocycles. The number of H-pyrrole nitrogens is 1. The molecule has 0 aromatic carbocycles. The summed E-state index contributed by atoms with van der Waals surface area (Å²) in [6.45, 7) is 3.59. The van der Waals surface area contributed by atoms with Gasteiger partial charge in [-0.25, -0.2) is 0 Å². The van der Waals surface area contributed by atoms with Crippen LogP contribution in [-0.2, 0) is 14.3 Å². The van der Waals surface area contributed by atoms with E-state index in [1.165, 1.54) is 25.7 Å². The Morgan fingerprint density at radius 2 is 2.00 bits per heavy atom. The minimum absolute atomic E-state index is 0.00968. The van der Waals surface area contributed by atoms with Crippen molar-refractivity contribution in [1.82, 2.24) is 15.1 Å². The van der Waals surface area contributed by atoms with Crippen LogP contribution in [0.1, 0.15) is 50.1 Å². The first-order chi connectivity index (χ1) is 12.3. The summed E-state index contributed by atoms with van der Waals surface area (Å²) in [6.07, 6.45) is 7.09. The monoisotopic (exact) mass is 348 g/mol. The highest BCUT2D eigenvalue weighted by Crippen LogP contribution is 2.28. The summed E-state index contributed by atoms with van der Waals surface area (Å²) in [4.78, 5) is 15.2. The lowest BCUT2D eigenvalue weighted by atomic mass is 9.99. The molecule has 2 N–H and O–H groups in total. The zero-order valence-corrected chi connectivity index (χ0v) is 14.7. The summed E-state index contributed by atoms with van der Waals surface area (Å²) in [5.74, 6) is 0.937. The average molecular weight is 348 g/mol. The molecule has 3 aliphatic rings. The third-order valence-corrected chi connectivity index (χ3v) is 5.72. The molecule has 1 saturated carbocycles. The highest BCUT2D eigenvalue weighted by molar-refractivity contribution is 5.94. The molecule has 3 heterocycles. The van der Waals surface area contributed by atoms with Crippen LogP contribution in [0.5, 0.6) is 0 Å². The Kier molecular flexibility index (Phi) is 5.33. The molecule has 138 valence electrons. The first-order valence-corrected chi connectivity index (χ1v) is 9.58. The molecular formula is C18H28N4O3. The maximum atomic E-state index is 12.8. The Balaban J connectivity index is 1.39. The Bertz CT molecular complexity index is 579. The molecule has 3 fully saturated rings. The number of nitrogens with zero attached hydrogens (tertiary/aromatic N) is 2. The van der Waals surface area contributed by atoms with E-state index < -0.39 is 0 Å². The number of amides is 1. The average Bonchev–Trinajstić information content (AvgIpc) is 3.34. The number of carbonyl (C=O) groups excluding carboxylic acids is 1. The van der Waals surface area contributed by atoms with Gasteiger partial charge in [-0.2, -0.15) is 5.10 Å². The fourth-order valence-corrected chi connectivity index (χ4v) is 4.32. The van der Waals surface area contributed by atoms with Crippen molar-refractivity contribution in [3.05, 3.63) is 11.8 Å². The van der Waals surface area contributed by atoms with Gasteiger partial charge >= 0.3 is 0 Å². The molecule has 2 saturated heterocycles. The van der Waals surface area contributed by atoms with Crippen LogP contribution in [-0.4, -0.2) is 66.1 Å². The zero-order valence-electron chi connectivity index (χ0n) is 14.7. The fourth-order valence-electron chi connectivity index (χ4n) is 4.32. The van der Waals surface area contributed by atoms with Gasteiger partial charge in [0.05, 0.1) is 19.8 Å². The van der Waals surface area contributed by atoms with Gasteiger partial charge in [-0.1, -0.05) is 12.8 Å². The van der Waals surface area contributed by atoms with E-state index in [0.717, 1.165) is 38.3 Å². The molecule has 25 heavy (non-hydrogen) atoms. The van der Waals surface area contributed by atoms with Crippen molar-refractivity contribution in [3.63, 3.8) is 0 Å². The van der Waals surface area contributed by atoms with Crippen LogP contribution in [0.2, 0.25) is 0 Å². The fraction of sp³-hybridized carbons (Fsp3) is 0.778. The molecule has 0 unspecified atom stereocenters. The minimum atomic E-state index is -0.213. The first kappa shape index (κ1) is 17.0. The van der Waals surface area contributed by atoms with Gasteiger partial charge < -0.3 is 14.8 Å². The molecule has 1 amide bonds. The van der Waals surface area contributed by atoms with E-state index >= 15 is 0 Å². The number of anilines is 1. The third-order valence-electron chi connectivity index (χ3n) is 5.72. The van der Waals surface area contributed by atoms with Crippen LogP contribution >= 0.6 is 0 Å². The molecule has 0 bridgehead atoms. The second-order valence-corrected chi connectivity index (χ2v) is 7.38. The molecule has 7 nitrogen and oxygen atoms in total. The molecule has 2 atom stereocenters. The van der Waals surface area contributed by atoms with Gasteiger partial charge in [-0.3, -0.25) is 14.8 Å². The smallest absolute Gasteiger partial charge is 0.245 e. The summed E-state index contributed by atoms with van der Waals surface area (Å²) >= 11 is 0. The molecule has 0 spiro atoms. The van der Waals surface area contributed by atoms with Gasteiger partial charge in [0, 0.05) is 36.9 Å². The SMILES string of the molecule is O=C(Nc1cc([C@@H]2CCCOC2)[nH]n1)[C@H]1COCCN1C1CCCC1. The second-order valence-electron chi connectivity index (χ2n) is 7.38. The van der Waals surface area contributed by atoms with Crippen molar-refractivity contribution in [3.8, 4) is 0 Å². The predicted octanol–water partition coefficient (Wildman–Crippen LogP) is 1.89. The van der Waals surface area contributed by atoms with Crippen molar-refractivity contribution in [2.24, 2.45) is 0 Å². The van der Waals surface area contributed by atoms with E-state index in [4.69, 9.17) is 9.47 Å². The summed E-state index contributed by atoms with van der Waals surface area (Å²) in [5.41, 5.74) is 1.04. The quantitative estimate of drug-likeness (QED) is 0.869. The largest absolute Gasteiger partial charge is 0.381 e. The predicted molar refractivity (Wildman–Crippen MR) is 93.6 cm³/mol. The van der Waals surface area contributed by atoms with E-state index in [2.05, 4.69) is 20.4 Å². The van der Waals surface area contributed by atoms with Crippen molar-refractivity contribution in [2.45, 2.75) is 56.5 Å². The van der Waals surface area contributed by atoms with Crippen LogP contribution < -0.4 is 5.32 Å². The minimum Gasteiger partial charge on any atom is -0.381 e. The lowest BCUT2D eigenvalue weighted by Gasteiger charge is -2.38. The van der Waals surface area contributed by atoms with E-state index in [1.54, 1.807) is 0 Å². The van der Waals surface area contributed by atoms with Crippen molar-refractivity contribution in [2.75, 3.05) is 38.3 Å². The lowest BCUT2D eigenvalue weighted by Crippen LogP contribution is -2.55.